The second-order valence-electron chi connectivity index (χ2n) is 2.43. The Morgan fingerprint density at radius 2 is 2.00 bits per heavy atom. The number of halogens is 1. The van der Waals surface area contributed by atoms with Crippen LogP contribution >= 0.6 is 27.3 Å². The molecule has 0 radical (unpaired) electrons. The number of anilines is 1. The standard InChI is InChI=1S/C8H6BrN3S/c9-6-1-2-13-7(6)5-3-11-8(10)12-4-5/h1-4H,(H2,10,11,12). The van der Waals surface area contributed by atoms with Crippen molar-refractivity contribution < 1.29 is 0 Å². The minimum atomic E-state index is 0.302. The van der Waals surface area contributed by atoms with Crippen LogP contribution in [0.5, 0.6) is 0 Å². The van der Waals surface area contributed by atoms with Crippen molar-refractivity contribution in [3.05, 3.63) is 28.3 Å². The van der Waals surface area contributed by atoms with Crippen molar-refractivity contribution in [2.24, 2.45) is 0 Å². The molecule has 0 aromatic carbocycles. The summed E-state index contributed by atoms with van der Waals surface area (Å²) in [4.78, 5) is 8.98. The number of hydrogen-bond donors (Lipinski definition) is 1. The average Bonchev–Trinajstić information content (AvgIpc) is 2.53. The molecule has 2 N–H and O–H groups in total. The predicted molar refractivity (Wildman–Crippen MR) is 57.5 cm³/mol. The van der Waals surface area contributed by atoms with E-state index in [1.165, 1.54) is 0 Å². The molecule has 0 unspecified atom stereocenters. The smallest absolute Gasteiger partial charge is 0.219 e. The van der Waals surface area contributed by atoms with Crippen LogP contribution in [0.25, 0.3) is 10.4 Å². The van der Waals surface area contributed by atoms with Crippen molar-refractivity contribution >= 4 is 33.2 Å². The first-order valence-corrected chi connectivity index (χ1v) is 5.25. The van der Waals surface area contributed by atoms with Crippen molar-refractivity contribution in [1.82, 2.24) is 9.97 Å². The summed E-state index contributed by atoms with van der Waals surface area (Å²) in [5.41, 5.74) is 6.37. The van der Waals surface area contributed by atoms with Gasteiger partial charge < -0.3 is 5.73 Å². The topological polar surface area (TPSA) is 51.8 Å². The maximum Gasteiger partial charge on any atom is 0.219 e. The molecule has 0 amide bonds. The van der Waals surface area contributed by atoms with Gasteiger partial charge in [0.1, 0.15) is 0 Å². The number of nitrogens with zero attached hydrogens (tertiary/aromatic N) is 2. The van der Waals surface area contributed by atoms with Crippen LogP contribution in [-0.2, 0) is 0 Å². The number of aromatic nitrogens is 2. The van der Waals surface area contributed by atoms with Gasteiger partial charge in [0.15, 0.2) is 0 Å². The third kappa shape index (κ3) is 1.71. The maximum atomic E-state index is 5.39. The lowest BCUT2D eigenvalue weighted by Gasteiger charge is -1.97. The average molecular weight is 256 g/mol. The van der Waals surface area contributed by atoms with Crippen molar-refractivity contribution in [3.8, 4) is 10.4 Å². The van der Waals surface area contributed by atoms with E-state index in [4.69, 9.17) is 5.73 Å². The highest BCUT2D eigenvalue weighted by Crippen LogP contribution is 2.32. The zero-order valence-corrected chi connectivity index (χ0v) is 8.97. The highest BCUT2D eigenvalue weighted by Gasteiger charge is 2.04. The number of nitrogens with two attached hydrogens (primary N) is 1. The molecular weight excluding hydrogens is 250 g/mol. The summed E-state index contributed by atoms with van der Waals surface area (Å²) in [7, 11) is 0. The van der Waals surface area contributed by atoms with Gasteiger partial charge in [0, 0.05) is 22.4 Å². The van der Waals surface area contributed by atoms with Crippen molar-refractivity contribution in [3.63, 3.8) is 0 Å². The van der Waals surface area contributed by atoms with Gasteiger partial charge in [-0.05, 0) is 27.4 Å². The van der Waals surface area contributed by atoms with E-state index in [1.54, 1.807) is 23.7 Å². The molecule has 0 fully saturated rings. The Labute approximate surface area is 87.8 Å². The van der Waals surface area contributed by atoms with Crippen LogP contribution < -0.4 is 5.73 Å². The van der Waals surface area contributed by atoms with Crippen LogP contribution in [0.3, 0.4) is 0 Å². The van der Waals surface area contributed by atoms with Gasteiger partial charge in [-0.3, -0.25) is 0 Å². The fourth-order valence-electron chi connectivity index (χ4n) is 0.955. The quantitative estimate of drug-likeness (QED) is 0.853. The molecule has 2 aromatic heterocycles. The number of thiophene rings is 1. The Balaban J connectivity index is 2.47. The summed E-state index contributed by atoms with van der Waals surface area (Å²) in [6, 6.07) is 2.00. The first-order chi connectivity index (χ1) is 6.27. The Bertz CT molecular complexity index is 410. The van der Waals surface area contributed by atoms with Crippen molar-refractivity contribution in [2.75, 3.05) is 5.73 Å². The van der Waals surface area contributed by atoms with E-state index in [0.717, 1.165) is 14.9 Å². The van der Waals surface area contributed by atoms with Gasteiger partial charge in [-0.15, -0.1) is 11.3 Å². The molecule has 0 aliphatic heterocycles. The minimum Gasteiger partial charge on any atom is -0.368 e. The summed E-state index contributed by atoms with van der Waals surface area (Å²) >= 11 is 5.09. The molecule has 2 aromatic rings. The van der Waals surface area contributed by atoms with Crippen molar-refractivity contribution in [1.29, 1.82) is 0 Å². The first-order valence-electron chi connectivity index (χ1n) is 3.58. The summed E-state index contributed by atoms with van der Waals surface area (Å²) in [5.74, 6) is 0.302. The van der Waals surface area contributed by atoms with E-state index < -0.39 is 0 Å². The third-order valence-corrected chi connectivity index (χ3v) is 3.44. The van der Waals surface area contributed by atoms with E-state index in [-0.39, 0.29) is 0 Å². The summed E-state index contributed by atoms with van der Waals surface area (Å²) < 4.78 is 1.06. The van der Waals surface area contributed by atoms with Gasteiger partial charge in [-0.1, -0.05) is 0 Å². The second-order valence-corrected chi connectivity index (χ2v) is 4.20. The molecule has 0 saturated heterocycles. The lowest BCUT2D eigenvalue weighted by atomic mass is 10.3. The molecule has 0 aliphatic carbocycles. The van der Waals surface area contributed by atoms with Crippen LogP contribution in [0.15, 0.2) is 28.3 Å². The molecular formula is C8H6BrN3S. The SMILES string of the molecule is Nc1ncc(-c2sccc2Br)cn1. The zero-order valence-electron chi connectivity index (χ0n) is 6.57. The molecule has 0 aliphatic rings. The number of rotatable bonds is 1. The molecule has 13 heavy (non-hydrogen) atoms. The van der Waals surface area contributed by atoms with E-state index in [9.17, 15) is 0 Å². The zero-order chi connectivity index (χ0) is 9.26. The first kappa shape index (κ1) is 8.65. The van der Waals surface area contributed by atoms with E-state index in [1.807, 2.05) is 11.4 Å². The van der Waals surface area contributed by atoms with Gasteiger partial charge >= 0.3 is 0 Å². The van der Waals surface area contributed by atoms with Gasteiger partial charge in [-0.2, -0.15) is 0 Å². The minimum absolute atomic E-state index is 0.302. The van der Waals surface area contributed by atoms with Crippen molar-refractivity contribution in [2.45, 2.75) is 0 Å². The molecule has 0 spiro atoms. The van der Waals surface area contributed by atoms with Crippen LogP contribution in [0, 0.1) is 0 Å². The number of hydrogen-bond acceptors (Lipinski definition) is 4. The summed E-state index contributed by atoms with van der Waals surface area (Å²) in [6.45, 7) is 0. The Morgan fingerprint density at radius 3 is 2.54 bits per heavy atom. The normalized spacial score (nSPS) is 10.2. The molecule has 5 heteroatoms. The van der Waals surface area contributed by atoms with Crippen LogP contribution in [0.2, 0.25) is 0 Å². The van der Waals surface area contributed by atoms with Gasteiger partial charge in [0.2, 0.25) is 5.95 Å². The number of nitrogen functional groups attached to an aromatic ring is 1. The summed E-state index contributed by atoms with van der Waals surface area (Å²) in [6.07, 6.45) is 3.44. The van der Waals surface area contributed by atoms with Gasteiger partial charge in [0.05, 0.1) is 4.88 Å². The van der Waals surface area contributed by atoms with Crippen LogP contribution in [-0.4, -0.2) is 9.97 Å². The molecule has 0 atom stereocenters. The van der Waals surface area contributed by atoms with E-state index >= 15 is 0 Å². The molecule has 2 rings (SSSR count). The lowest BCUT2D eigenvalue weighted by molar-refractivity contribution is 1.19. The van der Waals surface area contributed by atoms with Crippen LogP contribution in [0.4, 0.5) is 5.95 Å². The summed E-state index contributed by atoms with van der Waals surface area (Å²) in [5, 5.41) is 2.01. The largest absolute Gasteiger partial charge is 0.368 e. The van der Waals surface area contributed by atoms with Gasteiger partial charge in [-0.25, -0.2) is 9.97 Å². The molecule has 3 nitrogen and oxygen atoms in total. The van der Waals surface area contributed by atoms with Crippen LogP contribution in [0.1, 0.15) is 0 Å². The molecule has 0 saturated carbocycles. The monoisotopic (exact) mass is 255 g/mol. The fourth-order valence-corrected chi connectivity index (χ4v) is 2.53. The molecule has 66 valence electrons. The lowest BCUT2D eigenvalue weighted by Crippen LogP contribution is -1.92. The Hall–Kier alpha value is -0.940. The Morgan fingerprint density at radius 1 is 1.31 bits per heavy atom. The molecule has 2 heterocycles. The van der Waals surface area contributed by atoms with E-state index in [0.29, 0.717) is 5.95 Å². The predicted octanol–water partition coefficient (Wildman–Crippen LogP) is 2.55. The third-order valence-electron chi connectivity index (χ3n) is 1.55. The second kappa shape index (κ2) is 3.43. The maximum absolute atomic E-state index is 5.39. The Kier molecular flexibility index (Phi) is 2.28. The molecule has 0 bridgehead atoms. The fraction of sp³-hybridized carbons (Fsp3) is 0. The highest BCUT2D eigenvalue weighted by atomic mass is 79.9. The van der Waals surface area contributed by atoms with Gasteiger partial charge in [0.25, 0.3) is 0 Å². The highest BCUT2D eigenvalue weighted by molar-refractivity contribution is 9.10. The van der Waals surface area contributed by atoms with E-state index in [2.05, 4.69) is 25.9 Å².